The van der Waals surface area contributed by atoms with Gasteiger partial charge in [-0.25, -0.2) is 8.78 Å². The first-order valence-electron chi connectivity index (χ1n) is 2.95. The molecule has 0 aromatic heterocycles. The predicted molar refractivity (Wildman–Crippen MR) is 33.6 cm³/mol. The van der Waals surface area contributed by atoms with Crippen molar-refractivity contribution in [2.75, 3.05) is 13.2 Å². The lowest BCUT2D eigenvalue weighted by Crippen LogP contribution is -2.33. The van der Waals surface area contributed by atoms with E-state index in [4.69, 9.17) is 16.7 Å². The maximum absolute atomic E-state index is 11.9. The van der Waals surface area contributed by atoms with Gasteiger partial charge in [0.25, 0.3) is 0 Å². The Hall–Kier alpha value is -0.0700. The van der Waals surface area contributed by atoms with Crippen molar-refractivity contribution in [1.82, 2.24) is 0 Å². The summed E-state index contributed by atoms with van der Waals surface area (Å²) in [6, 6.07) is 0. The van der Waals surface area contributed by atoms with Crippen molar-refractivity contribution in [2.24, 2.45) is 0 Å². The fourth-order valence-corrected chi connectivity index (χ4v) is 0.380. The van der Waals surface area contributed by atoms with Crippen LogP contribution in [0.3, 0.4) is 0 Å². The van der Waals surface area contributed by atoms with Gasteiger partial charge < -0.3 is 9.84 Å². The van der Waals surface area contributed by atoms with Gasteiger partial charge in [-0.2, -0.15) is 8.78 Å². The molecule has 0 saturated heterocycles. The van der Waals surface area contributed by atoms with E-state index in [0.29, 0.717) is 0 Å². The van der Waals surface area contributed by atoms with E-state index in [1.54, 1.807) is 0 Å². The second kappa shape index (κ2) is 4.84. The molecule has 0 amide bonds. The molecule has 0 spiro atoms. The Morgan fingerprint density at radius 3 is 2.25 bits per heavy atom. The predicted octanol–water partition coefficient (Wildman–Crippen LogP) is 1.46. The second-order valence-electron chi connectivity index (χ2n) is 1.95. The Morgan fingerprint density at radius 2 is 1.92 bits per heavy atom. The molecule has 0 bridgehead atoms. The van der Waals surface area contributed by atoms with Crippen molar-refractivity contribution in [3.8, 4) is 0 Å². The van der Waals surface area contributed by atoms with Gasteiger partial charge in [0.05, 0.1) is 18.6 Å². The molecule has 0 fully saturated rings. The molecule has 1 atom stereocenters. The molecule has 12 heavy (non-hydrogen) atoms. The Labute approximate surface area is 71.1 Å². The average molecular weight is 211 g/mol. The van der Waals surface area contributed by atoms with E-state index in [2.05, 4.69) is 4.74 Å². The number of aliphatic hydroxyl groups excluding tert-OH is 1. The lowest BCUT2D eigenvalue weighted by atomic mass is 10.5. The fourth-order valence-electron chi connectivity index (χ4n) is 0.317. The first kappa shape index (κ1) is 11.9. The molecule has 0 rings (SSSR count). The maximum atomic E-state index is 11.9. The smallest absolute Gasteiger partial charge is 0.395 e. The molecule has 74 valence electrons. The summed E-state index contributed by atoms with van der Waals surface area (Å²) in [4.78, 5) is 0. The van der Waals surface area contributed by atoms with Crippen LogP contribution < -0.4 is 0 Å². The SMILES string of the molecule is OCC(Cl)COC(F)(F)C(F)F. The molecular weight excluding hydrogens is 203 g/mol. The number of ether oxygens (including phenoxy) is 1. The van der Waals surface area contributed by atoms with Crippen LogP contribution in [0.25, 0.3) is 0 Å². The minimum absolute atomic E-state index is 0.610. The summed E-state index contributed by atoms with van der Waals surface area (Å²) in [6.45, 7) is -1.43. The minimum Gasteiger partial charge on any atom is -0.395 e. The van der Waals surface area contributed by atoms with Crippen LogP contribution in [0, 0.1) is 0 Å². The van der Waals surface area contributed by atoms with Gasteiger partial charge in [0.15, 0.2) is 0 Å². The summed E-state index contributed by atoms with van der Waals surface area (Å²) in [5, 5.41) is 7.12. The van der Waals surface area contributed by atoms with Crippen molar-refractivity contribution < 1.29 is 27.4 Å². The van der Waals surface area contributed by atoms with E-state index < -0.39 is 31.1 Å². The molecule has 1 N–H and O–H groups in total. The average Bonchev–Trinajstić information content (AvgIpc) is 2.00. The van der Waals surface area contributed by atoms with Crippen LogP contribution in [0.2, 0.25) is 0 Å². The van der Waals surface area contributed by atoms with Gasteiger partial charge in [0.2, 0.25) is 0 Å². The summed E-state index contributed by atoms with van der Waals surface area (Å²) in [5.74, 6) is 0. The zero-order valence-electron chi connectivity index (χ0n) is 5.81. The molecule has 0 saturated carbocycles. The first-order valence-corrected chi connectivity index (χ1v) is 3.38. The van der Waals surface area contributed by atoms with Crippen LogP contribution in [0.1, 0.15) is 0 Å². The minimum atomic E-state index is -4.50. The van der Waals surface area contributed by atoms with E-state index in [-0.39, 0.29) is 0 Å². The van der Waals surface area contributed by atoms with Crippen LogP contribution in [-0.2, 0) is 4.74 Å². The van der Waals surface area contributed by atoms with Crippen molar-refractivity contribution in [2.45, 2.75) is 17.9 Å². The van der Waals surface area contributed by atoms with E-state index in [1.165, 1.54) is 0 Å². The molecule has 7 heteroatoms. The highest BCUT2D eigenvalue weighted by Gasteiger charge is 2.42. The first-order chi connectivity index (χ1) is 5.40. The van der Waals surface area contributed by atoms with E-state index in [1.807, 2.05) is 0 Å². The zero-order valence-corrected chi connectivity index (χ0v) is 6.57. The quantitative estimate of drug-likeness (QED) is 0.550. The molecule has 2 nitrogen and oxygen atoms in total. The third-order valence-electron chi connectivity index (χ3n) is 0.909. The zero-order chi connectivity index (χ0) is 9.78. The maximum Gasteiger partial charge on any atom is 0.416 e. The number of aliphatic hydroxyl groups is 1. The topological polar surface area (TPSA) is 29.5 Å². The summed E-state index contributed by atoms with van der Waals surface area (Å²) in [7, 11) is 0. The largest absolute Gasteiger partial charge is 0.416 e. The molecule has 0 aliphatic rings. The Morgan fingerprint density at radius 1 is 1.42 bits per heavy atom. The standard InChI is InChI=1S/C5H7ClF4O2/c6-3(1-11)2-12-5(9,10)4(7)8/h3-4,11H,1-2H2. The number of hydrogen-bond acceptors (Lipinski definition) is 2. The Bertz CT molecular complexity index is 133. The molecular formula is C5H7ClF4O2. The van der Waals surface area contributed by atoms with Gasteiger partial charge in [0.1, 0.15) is 0 Å². The lowest BCUT2D eigenvalue weighted by Gasteiger charge is -2.16. The fraction of sp³-hybridized carbons (Fsp3) is 1.00. The van der Waals surface area contributed by atoms with Gasteiger partial charge in [-0.1, -0.05) is 0 Å². The normalized spacial score (nSPS) is 15.2. The van der Waals surface area contributed by atoms with Crippen LogP contribution in [0.5, 0.6) is 0 Å². The number of hydrogen-bond donors (Lipinski definition) is 1. The summed E-state index contributed by atoms with van der Waals surface area (Å²) >= 11 is 5.12. The van der Waals surface area contributed by atoms with Crippen molar-refractivity contribution in [1.29, 1.82) is 0 Å². The highest BCUT2D eigenvalue weighted by Crippen LogP contribution is 2.24. The van der Waals surface area contributed by atoms with Crippen molar-refractivity contribution in [3.05, 3.63) is 0 Å². The molecule has 0 aliphatic carbocycles. The molecule has 1 unspecified atom stereocenters. The number of halogens is 5. The van der Waals surface area contributed by atoms with Crippen molar-refractivity contribution >= 4 is 11.6 Å². The van der Waals surface area contributed by atoms with Crippen LogP contribution in [0.15, 0.2) is 0 Å². The molecule has 0 heterocycles. The highest BCUT2D eigenvalue weighted by molar-refractivity contribution is 6.20. The molecule has 0 aromatic rings. The summed E-state index contributed by atoms with van der Waals surface area (Å²) in [6.07, 6.45) is -8.39. The number of rotatable bonds is 5. The second-order valence-corrected chi connectivity index (χ2v) is 2.57. The van der Waals surface area contributed by atoms with Gasteiger partial charge in [0, 0.05) is 0 Å². The Kier molecular flexibility index (Phi) is 4.81. The monoisotopic (exact) mass is 210 g/mol. The van der Waals surface area contributed by atoms with Crippen LogP contribution in [-0.4, -0.2) is 36.2 Å². The lowest BCUT2D eigenvalue weighted by molar-refractivity contribution is -0.300. The third-order valence-corrected chi connectivity index (χ3v) is 1.17. The van der Waals surface area contributed by atoms with E-state index >= 15 is 0 Å². The summed E-state index contributed by atoms with van der Waals surface area (Å²) in [5.41, 5.74) is 0. The summed E-state index contributed by atoms with van der Waals surface area (Å²) < 4.78 is 50.1. The van der Waals surface area contributed by atoms with Crippen LogP contribution >= 0.6 is 11.6 Å². The van der Waals surface area contributed by atoms with Gasteiger partial charge in [-0.05, 0) is 0 Å². The van der Waals surface area contributed by atoms with Crippen LogP contribution in [0.4, 0.5) is 17.6 Å². The van der Waals surface area contributed by atoms with E-state index in [9.17, 15) is 17.6 Å². The third kappa shape index (κ3) is 4.08. The van der Waals surface area contributed by atoms with Gasteiger partial charge >= 0.3 is 12.5 Å². The number of alkyl halides is 5. The van der Waals surface area contributed by atoms with Gasteiger partial charge in [-0.3, -0.25) is 0 Å². The molecule has 0 aliphatic heterocycles. The Balaban J connectivity index is 3.75. The highest BCUT2D eigenvalue weighted by atomic mass is 35.5. The molecule has 0 aromatic carbocycles. The van der Waals surface area contributed by atoms with E-state index in [0.717, 1.165) is 0 Å². The van der Waals surface area contributed by atoms with Crippen molar-refractivity contribution in [3.63, 3.8) is 0 Å². The molecule has 0 radical (unpaired) electrons. The van der Waals surface area contributed by atoms with Gasteiger partial charge in [-0.15, -0.1) is 11.6 Å².